The Balaban J connectivity index is 1.23. The third-order valence-corrected chi connectivity index (χ3v) is 9.04. The van der Waals surface area contributed by atoms with Gasteiger partial charge in [0.1, 0.15) is 0 Å². The fourth-order valence-corrected chi connectivity index (χ4v) is 7.04. The van der Waals surface area contributed by atoms with E-state index in [9.17, 15) is 22.8 Å². The predicted molar refractivity (Wildman–Crippen MR) is 141 cm³/mol. The Bertz CT molecular complexity index is 1470. The standard InChI is InChI=1S/C27H24ClF3N4O2S/c1-33-19-5-6-20(33)12-21(11-19)35-25(36)24(38-26(35)37)9-15-2-7-23-17(8-15)13-32-34(23)14-16-3-4-18(28)10-22(16)27(29,30)31/h2-4,7-10,13,19-21H,5-6,11-12,14H2,1H3/b24-9-/t19-,20?,21?/m0/s1. The van der Waals surface area contributed by atoms with E-state index in [0.717, 1.165) is 43.5 Å². The van der Waals surface area contributed by atoms with Crippen LogP contribution in [0.3, 0.4) is 0 Å². The molecule has 0 saturated carbocycles. The maximum atomic E-state index is 13.5. The zero-order chi connectivity index (χ0) is 26.8. The van der Waals surface area contributed by atoms with E-state index in [1.54, 1.807) is 24.4 Å². The van der Waals surface area contributed by atoms with Gasteiger partial charge in [0, 0.05) is 28.5 Å². The van der Waals surface area contributed by atoms with Gasteiger partial charge in [-0.15, -0.1) is 0 Å². The zero-order valence-corrected chi connectivity index (χ0v) is 22.0. The topological polar surface area (TPSA) is 58.4 Å². The van der Waals surface area contributed by atoms with Gasteiger partial charge in [0.05, 0.1) is 28.7 Å². The normalized spacial score (nSPS) is 25.3. The molecule has 38 heavy (non-hydrogen) atoms. The van der Waals surface area contributed by atoms with E-state index in [0.29, 0.717) is 33.5 Å². The van der Waals surface area contributed by atoms with Crippen LogP contribution in [0.1, 0.15) is 42.4 Å². The number of piperidine rings is 1. The highest BCUT2D eigenvalue weighted by Crippen LogP contribution is 2.41. The predicted octanol–water partition coefficient (Wildman–Crippen LogP) is 6.42. The zero-order valence-electron chi connectivity index (χ0n) is 20.4. The van der Waals surface area contributed by atoms with Crippen molar-refractivity contribution in [3.63, 3.8) is 0 Å². The van der Waals surface area contributed by atoms with Crippen molar-refractivity contribution < 1.29 is 22.8 Å². The molecule has 4 heterocycles. The second kappa shape index (κ2) is 9.43. The van der Waals surface area contributed by atoms with Crippen LogP contribution in [0, 0.1) is 0 Å². The number of imide groups is 1. The Morgan fingerprint density at radius 1 is 1.08 bits per heavy atom. The van der Waals surface area contributed by atoms with Crippen LogP contribution in [0.25, 0.3) is 17.0 Å². The van der Waals surface area contributed by atoms with Crippen molar-refractivity contribution in [1.82, 2.24) is 19.6 Å². The SMILES string of the molecule is CN1C2CC[C@H]1CC(N1C(=O)S/C(=C\c3ccc4c(cnn4Cc4ccc(Cl)cc4C(F)(F)F)c3)C1=O)C2. The molecular formula is C27H24ClF3N4O2S. The van der Waals surface area contributed by atoms with Crippen molar-refractivity contribution in [3.8, 4) is 0 Å². The second-order valence-electron chi connectivity index (χ2n) is 10.1. The molecule has 2 aromatic carbocycles. The second-order valence-corrected chi connectivity index (χ2v) is 11.6. The van der Waals surface area contributed by atoms with Gasteiger partial charge >= 0.3 is 6.18 Å². The Morgan fingerprint density at radius 3 is 2.53 bits per heavy atom. The lowest BCUT2D eigenvalue weighted by Crippen LogP contribution is -2.50. The number of hydrogen-bond acceptors (Lipinski definition) is 5. The summed E-state index contributed by atoms with van der Waals surface area (Å²) in [6, 6.07) is 9.81. The molecule has 1 aromatic heterocycles. The van der Waals surface area contributed by atoms with Crippen molar-refractivity contribution >= 4 is 51.5 Å². The van der Waals surface area contributed by atoms with Crippen molar-refractivity contribution in [3.05, 3.63) is 69.2 Å². The van der Waals surface area contributed by atoms with E-state index in [4.69, 9.17) is 11.6 Å². The van der Waals surface area contributed by atoms with Crippen molar-refractivity contribution in [2.45, 2.75) is 56.5 Å². The third kappa shape index (κ3) is 4.52. The molecule has 6 nitrogen and oxygen atoms in total. The molecule has 3 aliphatic rings. The highest BCUT2D eigenvalue weighted by atomic mass is 35.5. The van der Waals surface area contributed by atoms with Crippen LogP contribution in [0.4, 0.5) is 18.0 Å². The van der Waals surface area contributed by atoms with Crippen LogP contribution in [0.2, 0.25) is 5.02 Å². The van der Waals surface area contributed by atoms with Crippen molar-refractivity contribution in [1.29, 1.82) is 0 Å². The summed E-state index contributed by atoms with van der Waals surface area (Å²) in [6.07, 6.45) is 2.58. The summed E-state index contributed by atoms with van der Waals surface area (Å²) in [4.78, 5) is 30.2. The van der Waals surface area contributed by atoms with Crippen LogP contribution in [-0.2, 0) is 17.5 Å². The van der Waals surface area contributed by atoms with E-state index >= 15 is 0 Å². The number of hydrogen-bond donors (Lipinski definition) is 0. The summed E-state index contributed by atoms with van der Waals surface area (Å²) >= 11 is 6.76. The summed E-state index contributed by atoms with van der Waals surface area (Å²) in [5.41, 5.74) is 0.638. The molecule has 3 saturated heterocycles. The number of benzene rings is 2. The molecule has 0 spiro atoms. The lowest BCUT2D eigenvalue weighted by atomic mass is 9.96. The Hall–Kier alpha value is -2.82. The molecule has 3 aliphatic heterocycles. The number of thioether (sulfide) groups is 1. The lowest BCUT2D eigenvalue weighted by Gasteiger charge is -2.39. The van der Waals surface area contributed by atoms with Crippen LogP contribution < -0.4 is 0 Å². The molecule has 198 valence electrons. The quantitative estimate of drug-likeness (QED) is 0.345. The first kappa shape index (κ1) is 25.5. The maximum Gasteiger partial charge on any atom is 0.416 e. The fourth-order valence-electron chi connectivity index (χ4n) is 5.97. The largest absolute Gasteiger partial charge is 0.416 e. The van der Waals surface area contributed by atoms with Gasteiger partial charge in [0.25, 0.3) is 11.1 Å². The average molecular weight is 561 g/mol. The number of aromatic nitrogens is 2. The molecule has 0 aliphatic carbocycles. The minimum absolute atomic E-state index is 0.0173. The number of fused-ring (bicyclic) bond motifs is 3. The number of carbonyl (C=O) groups is 2. The van der Waals surface area contributed by atoms with E-state index in [2.05, 4.69) is 17.0 Å². The van der Waals surface area contributed by atoms with Gasteiger partial charge in [-0.05, 0) is 86.0 Å². The van der Waals surface area contributed by atoms with E-state index in [1.807, 2.05) is 6.07 Å². The summed E-state index contributed by atoms with van der Waals surface area (Å²) in [5, 5.41) is 4.80. The number of alkyl halides is 3. The molecule has 3 aromatic rings. The van der Waals surface area contributed by atoms with Gasteiger partial charge in [0.2, 0.25) is 0 Å². The Kier molecular flexibility index (Phi) is 6.32. The van der Waals surface area contributed by atoms with E-state index in [1.165, 1.54) is 21.7 Å². The molecule has 2 amide bonds. The first-order chi connectivity index (χ1) is 18.1. The molecule has 3 atom stereocenters. The number of halogens is 4. The van der Waals surface area contributed by atoms with Gasteiger partial charge < -0.3 is 4.90 Å². The number of rotatable bonds is 4. The first-order valence-electron chi connectivity index (χ1n) is 12.4. The van der Waals surface area contributed by atoms with Gasteiger partial charge in [-0.1, -0.05) is 23.7 Å². The number of carbonyl (C=O) groups excluding carboxylic acids is 2. The molecule has 11 heteroatoms. The van der Waals surface area contributed by atoms with Gasteiger partial charge in [-0.2, -0.15) is 18.3 Å². The summed E-state index contributed by atoms with van der Waals surface area (Å²) < 4.78 is 42.1. The van der Waals surface area contributed by atoms with Crippen LogP contribution >= 0.6 is 23.4 Å². The third-order valence-electron chi connectivity index (χ3n) is 7.92. The molecule has 0 N–H and O–H groups in total. The van der Waals surface area contributed by atoms with Crippen molar-refractivity contribution in [2.75, 3.05) is 7.05 Å². The summed E-state index contributed by atoms with van der Waals surface area (Å²) in [7, 11) is 2.12. The van der Waals surface area contributed by atoms with Gasteiger partial charge in [-0.25, -0.2) is 0 Å². The number of nitrogens with zero attached hydrogens (tertiary/aromatic N) is 4. The van der Waals surface area contributed by atoms with Crippen LogP contribution in [-0.4, -0.2) is 55.9 Å². The lowest BCUT2D eigenvalue weighted by molar-refractivity contribution is -0.138. The maximum absolute atomic E-state index is 13.5. The molecule has 2 unspecified atom stereocenters. The molecule has 3 fully saturated rings. The molecule has 0 radical (unpaired) electrons. The van der Waals surface area contributed by atoms with Crippen LogP contribution in [0.15, 0.2) is 47.5 Å². The average Bonchev–Trinajstić information content (AvgIpc) is 3.43. The monoisotopic (exact) mass is 560 g/mol. The summed E-state index contributed by atoms with van der Waals surface area (Å²) in [5.74, 6) is -0.257. The smallest absolute Gasteiger partial charge is 0.300 e. The van der Waals surface area contributed by atoms with Crippen LogP contribution in [0.5, 0.6) is 0 Å². The van der Waals surface area contributed by atoms with Crippen molar-refractivity contribution in [2.24, 2.45) is 0 Å². The summed E-state index contributed by atoms with van der Waals surface area (Å²) in [6.45, 7) is -0.0771. The molecule has 2 bridgehead atoms. The van der Waals surface area contributed by atoms with E-state index < -0.39 is 11.7 Å². The Morgan fingerprint density at radius 2 is 1.82 bits per heavy atom. The molecular weight excluding hydrogens is 537 g/mol. The minimum atomic E-state index is -4.54. The first-order valence-corrected chi connectivity index (χ1v) is 13.6. The Labute approximate surface area is 226 Å². The minimum Gasteiger partial charge on any atom is -0.300 e. The fraction of sp³-hybridized carbons (Fsp3) is 0.370. The molecule has 6 rings (SSSR count). The van der Waals surface area contributed by atoms with Gasteiger partial charge in [-0.3, -0.25) is 19.2 Å². The van der Waals surface area contributed by atoms with Gasteiger partial charge in [0.15, 0.2) is 0 Å². The highest BCUT2D eigenvalue weighted by Gasteiger charge is 2.46. The van der Waals surface area contributed by atoms with E-state index in [-0.39, 0.29) is 34.3 Å². The highest BCUT2D eigenvalue weighted by molar-refractivity contribution is 8.18. The number of amides is 2.